The third-order valence-corrected chi connectivity index (χ3v) is 2.07. The fraction of sp³-hybridized carbons (Fsp3) is 0.111. The van der Waals surface area contributed by atoms with E-state index in [1.54, 1.807) is 13.0 Å². The van der Waals surface area contributed by atoms with E-state index in [0.717, 1.165) is 5.56 Å². The number of rotatable bonds is 2. The van der Waals surface area contributed by atoms with Crippen LogP contribution in [0.2, 0.25) is 5.35 Å². The Morgan fingerprint density at radius 1 is 1.38 bits per heavy atom. The first-order valence-electron chi connectivity index (χ1n) is 4.32. The Bertz CT molecular complexity index is 553. The summed E-state index contributed by atoms with van der Waals surface area (Å²) in [5.41, 5.74) is 1.19. The van der Waals surface area contributed by atoms with E-state index < -0.39 is 4.92 Å². The van der Waals surface area contributed by atoms with Gasteiger partial charge in [0.25, 0.3) is 5.69 Å². The van der Waals surface area contributed by atoms with Gasteiger partial charge in [0.05, 0.1) is 4.92 Å². The maximum absolute atomic E-state index is 10.7. The van der Waals surface area contributed by atoms with Gasteiger partial charge in [-0.15, -0.1) is 5.10 Å². The Balaban J connectivity index is 2.53. The van der Waals surface area contributed by atoms with Crippen molar-refractivity contribution >= 4 is 17.3 Å². The summed E-state index contributed by atoms with van der Waals surface area (Å²) in [6.45, 7) is 1.74. The normalized spacial score (nSPS) is 10.4. The lowest BCUT2D eigenvalue weighted by molar-refractivity contribution is -0.384. The number of hydrogen-bond donors (Lipinski definition) is 0. The number of benzene rings is 1. The summed E-state index contributed by atoms with van der Waals surface area (Å²) in [4.78, 5) is 10.2. The van der Waals surface area contributed by atoms with Gasteiger partial charge < -0.3 is 4.42 Å². The van der Waals surface area contributed by atoms with Crippen LogP contribution in [-0.4, -0.2) is 15.1 Å². The van der Waals surface area contributed by atoms with E-state index >= 15 is 0 Å². The summed E-state index contributed by atoms with van der Waals surface area (Å²) in [7, 11) is 0. The van der Waals surface area contributed by atoms with Crippen LogP contribution in [0.5, 0.6) is 0 Å². The van der Waals surface area contributed by atoms with Gasteiger partial charge in [-0.05, 0) is 30.2 Å². The van der Waals surface area contributed by atoms with Crippen LogP contribution in [0, 0.1) is 17.0 Å². The Labute approximate surface area is 95.0 Å². The van der Waals surface area contributed by atoms with Crippen molar-refractivity contribution < 1.29 is 9.34 Å². The molecule has 16 heavy (non-hydrogen) atoms. The largest absolute Gasteiger partial charge is 0.407 e. The highest BCUT2D eigenvalue weighted by Gasteiger charge is 2.13. The molecule has 1 aromatic carbocycles. The topological polar surface area (TPSA) is 82.1 Å². The molecule has 0 aliphatic carbocycles. The molecule has 0 unspecified atom stereocenters. The second-order valence-corrected chi connectivity index (χ2v) is 3.50. The summed E-state index contributed by atoms with van der Waals surface area (Å²) in [5.74, 6) is 0.164. The zero-order valence-electron chi connectivity index (χ0n) is 8.18. The summed E-state index contributed by atoms with van der Waals surface area (Å²) >= 11 is 5.48. The monoisotopic (exact) mass is 239 g/mol. The van der Waals surface area contributed by atoms with Crippen molar-refractivity contribution in [2.45, 2.75) is 6.92 Å². The van der Waals surface area contributed by atoms with E-state index in [0.29, 0.717) is 5.56 Å². The lowest BCUT2D eigenvalue weighted by Gasteiger charge is -1.98. The lowest BCUT2D eigenvalue weighted by Crippen LogP contribution is -1.90. The Morgan fingerprint density at radius 2 is 2.12 bits per heavy atom. The molecule has 0 atom stereocenters. The molecule has 0 bridgehead atoms. The summed E-state index contributed by atoms with van der Waals surface area (Å²) in [6, 6.07) is 4.52. The van der Waals surface area contributed by atoms with Crippen molar-refractivity contribution in [1.82, 2.24) is 10.2 Å². The molecular weight excluding hydrogens is 234 g/mol. The Kier molecular flexibility index (Phi) is 2.57. The number of nitro benzene ring substituents is 1. The second kappa shape index (κ2) is 3.90. The van der Waals surface area contributed by atoms with Crippen molar-refractivity contribution in [2.24, 2.45) is 0 Å². The molecule has 82 valence electrons. The summed E-state index contributed by atoms with van der Waals surface area (Å²) in [6.07, 6.45) is 0. The van der Waals surface area contributed by atoms with E-state index in [1.165, 1.54) is 12.1 Å². The quantitative estimate of drug-likeness (QED) is 0.594. The van der Waals surface area contributed by atoms with Crippen LogP contribution in [0.4, 0.5) is 5.69 Å². The standard InChI is InChI=1S/C9H6ClN3O3/c1-5-2-6(4-7(3-5)13(14)15)8-11-12-9(10)16-8/h2-4H,1H3. The highest BCUT2D eigenvalue weighted by atomic mass is 35.5. The van der Waals surface area contributed by atoms with Gasteiger partial charge in [0.1, 0.15) is 0 Å². The Morgan fingerprint density at radius 3 is 2.69 bits per heavy atom. The van der Waals surface area contributed by atoms with Crippen LogP contribution >= 0.6 is 11.6 Å². The number of non-ortho nitro benzene ring substituents is 1. The molecule has 7 heteroatoms. The predicted octanol–water partition coefficient (Wildman–Crippen LogP) is 2.61. The molecule has 2 rings (SSSR count). The number of halogens is 1. The SMILES string of the molecule is Cc1cc(-c2nnc(Cl)o2)cc([N+](=O)[O-])c1. The van der Waals surface area contributed by atoms with Gasteiger partial charge in [-0.1, -0.05) is 5.10 Å². The van der Waals surface area contributed by atoms with E-state index in [-0.39, 0.29) is 16.9 Å². The summed E-state index contributed by atoms with van der Waals surface area (Å²) in [5, 5.41) is 17.7. The van der Waals surface area contributed by atoms with Gasteiger partial charge in [0.2, 0.25) is 5.89 Å². The van der Waals surface area contributed by atoms with E-state index in [4.69, 9.17) is 16.0 Å². The van der Waals surface area contributed by atoms with Gasteiger partial charge >= 0.3 is 5.35 Å². The minimum absolute atomic E-state index is 0.0238. The predicted molar refractivity (Wildman–Crippen MR) is 56.1 cm³/mol. The van der Waals surface area contributed by atoms with Crippen LogP contribution in [0.1, 0.15) is 5.56 Å². The van der Waals surface area contributed by atoms with Crippen LogP contribution < -0.4 is 0 Å². The molecule has 1 heterocycles. The zero-order valence-corrected chi connectivity index (χ0v) is 8.93. The molecule has 0 aliphatic heterocycles. The number of nitrogens with zero attached hydrogens (tertiary/aromatic N) is 3. The third kappa shape index (κ3) is 2.01. The van der Waals surface area contributed by atoms with Crippen LogP contribution in [0.3, 0.4) is 0 Å². The summed E-state index contributed by atoms with van der Waals surface area (Å²) < 4.78 is 4.98. The van der Waals surface area contributed by atoms with Crippen LogP contribution in [0.25, 0.3) is 11.5 Å². The molecule has 0 spiro atoms. The molecule has 0 N–H and O–H groups in total. The number of nitro groups is 1. The molecule has 0 saturated heterocycles. The third-order valence-electron chi connectivity index (χ3n) is 1.92. The van der Waals surface area contributed by atoms with Gasteiger partial charge in [-0.25, -0.2) is 0 Å². The molecule has 1 aromatic heterocycles. The molecule has 6 nitrogen and oxygen atoms in total. The molecule has 0 radical (unpaired) electrons. The highest BCUT2D eigenvalue weighted by molar-refractivity contribution is 6.27. The van der Waals surface area contributed by atoms with Crippen molar-refractivity contribution in [1.29, 1.82) is 0 Å². The highest BCUT2D eigenvalue weighted by Crippen LogP contribution is 2.25. The van der Waals surface area contributed by atoms with Gasteiger partial charge in [-0.2, -0.15) is 0 Å². The van der Waals surface area contributed by atoms with Crippen molar-refractivity contribution in [3.63, 3.8) is 0 Å². The Hall–Kier alpha value is -1.95. The minimum Gasteiger partial charge on any atom is -0.407 e. The first kappa shape index (κ1) is 10.6. The molecule has 0 aliphatic rings. The molecular formula is C9H6ClN3O3. The zero-order chi connectivity index (χ0) is 11.7. The fourth-order valence-corrected chi connectivity index (χ4v) is 1.42. The first-order valence-corrected chi connectivity index (χ1v) is 4.69. The maximum atomic E-state index is 10.7. The maximum Gasteiger partial charge on any atom is 0.313 e. The number of hydrogen-bond acceptors (Lipinski definition) is 5. The van der Waals surface area contributed by atoms with Crippen LogP contribution in [0.15, 0.2) is 22.6 Å². The number of aryl methyl sites for hydroxylation is 1. The van der Waals surface area contributed by atoms with Gasteiger partial charge in [0.15, 0.2) is 0 Å². The molecule has 0 saturated carbocycles. The lowest BCUT2D eigenvalue weighted by atomic mass is 10.1. The number of aromatic nitrogens is 2. The van der Waals surface area contributed by atoms with Crippen molar-refractivity contribution in [3.8, 4) is 11.5 Å². The van der Waals surface area contributed by atoms with Crippen LogP contribution in [-0.2, 0) is 0 Å². The molecule has 0 fully saturated rings. The first-order chi connectivity index (χ1) is 7.56. The van der Waals surface area contributed by atoms with E-state index in [1.807, 2.05) is 0 Å². The average molecular weight is 240 g/mol. The van der Waals surface area contributed by atoms with E-state index in [9.17, 15) is 10.1 Å². The fourth-order valence-electron chi connectivity index (χ4n) is 1.31. The van der Waals surface area contributed by atoms with Crippen molar-refractivity contribution in [3.05, 3.63) is 39.2 Å². The second-order valence-electron chi connectivity index (χ2n) is 3.17. The smallest absolute Gasteiger partial charge is 0.313 e. The minimum atomic E-state index is -0.478. The molecule has 2 aromatic rings. The van der Waals surface area contributed by atoms with Gasteiger partial charge in [0, 0.05) is 17.7 Å². The van der Waals surface area contributed by atoms with Gasteiger partial charge in [-0.3, -0.25) is 10.1 Å². The average Bonchev–Trinajstić information content (AvgIpc) is 2.64. The van der Waals surface area contributed by atoms with E-state index in [2.05, 4.69) is 10.2 Å². The van der Waals surface area contributed by atoms with Crippen molar-refractivity contribution in [2.75, 3.05) is 0 Å². The molecule has 0 amide bonds.